The summed E-state index contributed by atoms with van der Waals surface area (Å²) in [4.78, 5) is 11.8. The van der Waals surface area contributed by atoms with Gasteiger partial charge in [-0.05, 0) is 35.7 Å². The lowest BCUT2D eigenvalue weighted by Gasteiger charge is -2.13. The van der Waals surface area contributed by atoms with Crippen molar-refractivity contribution in [3.05, 3.63) is 65.2 Å². The third-order valence-electron chi connectivity index (χ3n) is 3.16. The van der Waals surface area contributed by atoms with Crippen LogP contribution in [0.25, 0.3) is 0 Å². The second-order valence-electron chi connectivity index (χ2n) is 4.86. The molecule has 0 bridgehead atoms. The number of amides is 1. The number of carbonyl (C=O) groups is 1. The molecule has 1 N–H and O–H groups in total. The number of hydrogen-bond donors (Lipinski definition) is 1. The van der Waals surface area contributed by atoms with Crippen molar-refractivity contribution in [2.45, 2.75) is 12.8 Å². The molecular formula is C17H18ClNO2. The first-order chi connectivity index (χ1) is 10.1. The number of rotatable bonds is 6. The lowest BCUT2D eigenvalue weighted by Crippen LogP contribution is -2.31. The van der Waals surface area contributed by atoms with Crippen LogP contribution >= 0.6 is 11.6 Å². The Bertz CT molecular complexity index is 569. The van der Waals surface area contributed by atoms with Crippen molar-refractivity contribution < 1.29 is 9.53 Å². The van der Waals surface area contributed by atoms with E-state index < -0.39 is 0 Å². The smallest absolute Gasteiger partial charge is 0.257 e. The highest BCUT2D eigenvalue weighted by Gasteiger charge is 2.08. The summed E-state index contributed by atoms with van der Waals surface area (Å²) in [6.07, 6.45) is 0. The summed E-state index contributed by atoms with van der Waals surface area (Å²) in [7, 11) is 0. The van der Waals surface area contributed by atoms with E-state index in [-0.39, 0.29) is 18.4 Å². The van der Waals surface area contributed by atoms with Crippen molar-refractivity contribution in [3.63, 3.8) is 0 Å². The molecule has 110 valence electrons. The van der Waals surface area contributed by atoms with E-state index in [2.05, 4.69) is 24.4 Å². The Hall–Kier alpha value is -2.00. The standard InChI is InChI=1S/C17H18ClNO2/c1-13(14-5-3-2-4-6-14)11-19-17(20)12-21-16-9-7-15(18)8-10-16/h2-10,13H,11-12H2,1H3,(H,19,20)/t13-/m0/s1. The van der Waals surface area contributed by atoms with Crippen molar-refractivity contribution in [3.8, 4) is 5.75 Å². The average molecular weight is 304 g/mol. The van der Waals surface area contributed by atoms with E-state index in [0.29, 0.717) is 17.3 Å². The van der Waals surface area contributed by atoms with Gasteiger partial charge in [0.1, 0.15) is 5.75 Å². The third-order valence-corrected chi connectivity index (χ3v) is 3.41. The molecular weight excluding hydrogens is 286 g/mol. The van der Waals surface area contributed by atoms with Gasteiger partial charge < -0.3 is 10.1 Å². The van der Waals surface area contributed by atoms with E-state index >= 15 is 0 Å². The molecule has 0 radical (unpaired) electrons. The van der Waals surface area contributed by atoms with Gasteiger partial charge in [0.15, 0.2) is 6.61 Å². The first-order valence-corrected chi connectivity index (χ1v) is 7.23. The number of hydrogen-bond acceptors (Lipinski definition) is 2. The highest BCUT2D eigenvalue weighted by molar-refractivity contribution is 6.30. The zero-order chi connectivity index (χ0) is 15.1. The molecule has 1 amide bonds. The number of nitrogens with one attached hydrogen (secondary N) is 1. The van der Waals surface area contributed by atoms with E-state index in [9.17, 15) is 4.79 Å². The van der Waals surface area contributed by atoms with Crippen LogP contribution in [0.15, 0.2) is 54.6 Å². The molecule has 2 aromatic carbocycles. The van der Waals surface area contributed by atoms with Crippen molar-refractivity contribution >= 4 is 17.5 Å². The second kappa shape index (κ2) is 7.70. The normalized spacial score (nSPS) is 11.7. The molecule has 0 heterocycles. The summed E-state index contributed by atoms with van der Waals surface area (Å²) in [6.45, 7) is 2.67. The predicted molar refractivity (Wildman–Crippen MR) is 84.8 cm³/mol. The monoisotopic (exact) mass is 303 g/mol. The SMILES string of the molecule is C[C@@H](CNC(=O)COc1ccc(Cl)cc1)c1ccccc1. The Kier molecular flexibility index (Phi) is 5.64. The molecule has 1 atom stereocenters. The lowest BCUT2D eigenvalue weighted by molar-refractivity contribution is -0.123. The minimum absolute atomic E-state index is 0.00312. The molecule has 0 aliphatic rings. The summed E-state index contributed by atoms with van der Waals surface area (Å²) in [6, 6.07) is 17.0. The fourth-order valence-electron chi connectivity index (χ4n) is 1.90. The Labute approximate surface area is 129 Å². The molecule has 0 saturated carbocycles. The summed E-state index contributed by atoms with van der Waals surface area (Å²) in [5, 5.41) is 3.51. The van der Waals surface area contributed by atoms with Crippen LogP contribution in [0.5, 0.6) is 5.75 Å². The number of benzene rings is 2. The van der Waals surface area contributed by atoms with Crippen LogP contribution in [0, 0.1) is 0 Å². The highest BCUT2D eigenvalue weighted by atomic mass is 35.5. The van der Waals surface area contributed by atoms with Crippen molar-refractivity contribution in [2.24, 2.45) is 0 Å². The van der Waals surface area contributed by atoms with Crippen LogP contribution in [-0.2, 0) is 4.79 Å². The molecule has 0 aliphatic heterocycles. The summed E-state index contributed by atoms with van der Waals surface area (Å²) in [5.41, 5.74) is 1.21. The minimum Gasteiger partial charge on any atom is -0.484 e. The molecule has 21 heavy (non-hydrogen) atoms. The van der Waals surface area contributed by atoms with Gasteiger partial charge in [-0.25, -0.2) is 0 Å². The third kappa shape index (κ3) is 5.12. The van der Waals surface area contributed by atoms with E-state index in [1.54, 1.807) is 24.3 Å². The zero-order valence-electron chi connectivity index (χ0n) is 11.9. The maximum Gasteiger partial charge on any atom is 0.257 e. The number of halogens is 1. The van der Waals surface area contributed by atoms with Gasteiger partial charge in [-0.3, -0.25) is 4.79 Å². The van der Waals surface area contributed by atoms with Gasteiger partial charge in [0.2, 0.25) is 0 Å². The number of ether oxygens (including phenoxy) is 1. The quantitative estimate of drug-likeness (QED) is 0.885. The van der Waals surface area contributed by atoms with Gasteiger partial charge >= 0.3 is 0 Å². The van der Waals surface area contributed by atoms with Crippen LogP contribution in [-0.4, -0.2) is 19.1 Å². The van der Waals surface area contributed by atoms with E-state index in [1.807, 2.05) is 18.2 Å². The first kappa shape index (κ1) is 15.4. The zero-order valence-corrected chi connectivity index (χ0v) is 12.6. The van der Waals surface area contributed by atoms with Crippen molar-refractivity contribution in [1.29, 1.82) is 0 Å². The Morgan fingerprint density at radius 1 is 1.14 bits per heavy atom. The van der Waals surface area contributed by atoms with Crippen LogP contribution < -0.4 is 10.1 Å². The molecule has 0 unspecified atom stereocenters. The van der Waals surface area contributed by atoms with Crippen LogP contribution in [0.3, 0.4) is 0 Å². The molecule has 0 aromatic heterocycles. The largest absolute Gasteiger partial charge is 0.484 e. The fraction of sp³-hybridized carbons (Fsp3) is 0.235. The maximum atomic E-state index is 11.8. The van der Waals surface area contributed by atoms with Crippen LogP contribution in [0.4, 0.5) is 0 Å². The first-order valence-electron chi connectivity index (χ1n) is 6.85. The Morgan fingerprint density at radius 3 is 2.48 bits per heavy atom. The summed E-state index contributed by atoms with van der Waals surface area (Å²) < 4.78 is 5.39. The fourth-order valence-corrected chi connectivity index (χ4v) is 2.02. The molecule has 4 heteroatoms. The highest BCUT2D eigenvalue weighted by Crippen LogP contribution is 2.15. The molecule has 0 spiro atoms. The van der Waals surface area contributed by atoms with Gasteiger partial charge in [0.25, 0.3) is 5.91 Å². The van der Waals surface area contributed by atoms with Gasteiger partial charge in [-0.15, -0.1) is 0 Å². The van der Waals surface area contributed by atoms with Crippen LogP contribution in [0.2, 0.25) is 5.02 Å². The van der Waals surface area contributed by atoms with Gasteiger partial charge in [0, 0.05) is 11.6 Å². The van der Waals surface area contributed by atoms with E-state index in [0.717, 1.165) is 0 Å². The molecule has 0 fully saturated rings. The van der Waals surface area contributed by atoms with Crippen molar-refractivity contribution in [2.75, 3.05) is 13.2 Å². The second-order valence-corrected chi connectivity index (χ2v) is 5.29. The molecule has 2 rings (SSSR count). The average Bonchev–Trinajstić information content (AvgIpc) is 2.53. The Morgan fingerprint density at radius 2 is 1.81 bits per heavy atom. The molecule has 3 nitrogen and oxygen atoms in total. The van der Waals surface area contributed by atoms with Gasteiger partial charge in [-0.1, -0.05) is 48.9 Å². The molecule has 0 saturated heterocycles. The lowest BCUT2D eigenvalue weighted by atomic mass is 10.0. The molecule has 2 aromatic rings. The summed E-state index contributed by atoms with van der Waals surface area (Å²) in [5.74, 6) is 0.768. The van der Waals surface area contributed by atoms with E-state index in [1.165, 1.54) is 5.56 Å². The number of carbonyl (C=O) groups excluding carboxylic acids is 1. The minimum atomic E-state index is -0.132. The molecule has 0 aliphatic carbocycles. The summed E-state index contributed by atoms with van der Waals surface area (Å²) >= 11 is 5.78. The maximum absolute atomic E-state index is 11.8. The topological polar surface area (TPSA) is 38.3 Å². The Balaban J connectivity index is 1.73. The van der Waals surface area contributed by atoms with Crippen LogP contribution in [0.1, 0.15) is 18.4 Å². The van der Waals surface area contributed by atoms with Crippen molar-refractivity contribution in [1.82, 2.24) is 5.32 Å². The predicted octanol–water partition coefficient (Wildman–Crippen LogP) is 3.64. The van der Waals surface area contributed by atoms with E-state index in [4.69, 9.17) is 16.3 Å². The van der Waals surface area contributed by atoms with Gasteiger partial charge in [-0.2, -0.15) is 0 Å². The van der Waals surface area contributed by atoms with Gasteiger partial charge in [0.05, 0.1) is 0 Å².